The fourth-order valence-electron chi connectivity index (χ4n) is 1.11. The van der Waals surface area contributed by atoms with E-state index in [-0.39, 0.29) is 6.61 Å². The number of thiophene rings is 1. The number of hydrogen-bond donors (Lipinski definition) is 1. The summed E-state index contributed by atoms with van der Waals surface area (Å²) in [5, 5.41) is 10.9. The summed E-state index contributed by atoms with van der Waals surface area (Å²) in [4.78, 5) is 5.22. The summed E-state index contributed by atoms with van der Waals surface area (Å²) in [6.45, 7) is 0.0118. The molecule has 0 aromatic carbocycles. The molecule has 2 rings (SSSR count). The Hall–Kier alpha value is -0.870. The predicted molar refractivity (Wildman–Crippen MR) is 44.5 cm³/mol. The minimum Gasteiger partial charge on any atom is -0.388 e. The van der Waals surface area contributed by atoms with Gasteiger partial charge in [0.2, 0.25) is 0 Å². The van der Waals surface area contributed by atoms with E-state index in [1.54, 1.807) is 11.3 Å². The average Bonchev–Trinajstić information content (AvgIpc) is 2.53. The molecule has 0 aliphatic heterocycles. The maximum absolute atomic E-state index is 8.86. The molecule has 2 heterocycles. The first-order valence-electron chi connectivity index (χ1n) is 3.32. The Morgan fingerprint density at radius 3 is 3.18 bits per heavy atom. The van der Waals surface area contributed by atoms with Crippen LogP contribution in [-0.4, -0.2) is 14.7 Å². The van der Waals surface area contributed by atoms with Crippen molar-refractivity contribution in [1.82, 2.24) is 9.55 Å². The minimum atomic E-state index is 0.0118. The molecule has 0 unspecified atom stereocenters. The van der Waals surface area contributed by atoms with Gasteiger partial charge < -0.3 is 9.67 Å². The Morgan fingerprint density at radius 1 is 1.73 bits per heavy atom. The molecule has 2 aromatic rings. The van der Waals surface area contributed by atoms with Gasteiger partial charge in [0.25, 0.3) is 0 Å². The van der Waals surface area contributed by atoms with Gasteiger partial charge in [-0.15, -0.1) is 11.3 Å². The smallest absolute Gasteiger partial charge is 0.142 e. The zero-order chi connectivity index (χ0) is 7.84. The summed E-state index contributed by atoms with van der Waals surface area (Å²) in [6, 6.07) is 2.01. The molecule has 3 nitrogen and oxygen atoms in total. The summed E-state index contributed by atoms with van der Waals surface area (Å²) < 4.78 is 1.91. The highest BCUT2D eigenvalue weighted by Gasteiger charge is 2.05. The molecule has 58 valence electrons. The van der Waals surface area contributed by atoms with Crippen molar-refractivity contribution in [2.75, 3.05) is 0 Å². The van der Waals surface area contributed by atoms with Gasteiger partial charge in [-0.2, -0.15) is 0 Å². The second kappa shape index (κ2) is 2.32. The molecule has 2 aromatic heterocycles. The van der Waals surface area contributed by atoms with Crippen LogP contribution in [0.3, 0.4) is 0 Å². The van der Waals surface area contributed by atoms with E-state index in [2.05, 4.69) is 4.98 Å². The van der Waals surface area contributed by atoms with Gasteiger partial charge in [0.05, 0.1) is 5.52 Å². The van der Waals surface area contributed by atoms with Crippen molar-refractivity contribution < 1.29 is 5.11 Å². The third-order valence-corrected chi connectivity index (χ3v) is 2.54. The van der Waals surface area contributed by atoms with Crippen LogP contribution in [0, 0.1) is 0 Å². The summed E-state index contributed by atoms with van der Waals surface area (Å²) in [7, 11) is 1.91. The van der Waals surface area contributed by atoms with Crippen LogP contribution in [-0.2, 0) is 13.7 Å². The van der Waals surface area contributed by atoms with E-state index in [0.717, 1.165) is 16.2 Å². The zero-order valence-corrected chi connectivity index (χ0v) is 6.93. The second-order valence-electron chi connectivity index (χ2n) is 2.36. The summed E-state index contributed by atoms with van der Waals surface area (Å²) in [5.74, 6) is 0.729. The quantitative estimate of drug-likeness (QED) is 0.693. The van der Waals surface area contributed by atoms with Crippen LogP contribution in [0.25, 0.3) is 10.3 Å². The standard InChI is InChI=1S/C7H8N2OS/c1-9-5-2-3-11-7(5)8-6(9)4-10/h2-3,10H,4H2,1H3. The van der Waals surface area contributed by atoms with Gasteiger partial charge in [-0.3, -0.25) is 0 Å². The Labute approximate surface area is 67.9 Å². The average molecular weight is 168 g/mol. The van der Waals surface area contributed by atoms with E-state index in [1.807, 2.05) is 23.1 Å². The fraction of sp³-hybridized carbons (Fsp3) is 0.286. The molecule has 0 bridgehead atoms. The molecule has 0 saturated carbocycles. The van der Waals surface area contributed by atoms with Gasteiger partial charge in [-0.1, -0.05) is 0 Å². The van der Waals surface area contributed by atoms with Gasteiger partial charge in [-0.05, 0) is 11.4 Å². The number of imidazole rings is 1. The van der Waals surface area contributed by atoms with Crippen molar-refractivity contribution in [3.8, 4) is 0 Å². The predicted octanol–water partition coefficient (Wildman–Crippen LogP) is 1.13. The summed E-state index contributed by atoms with van der Waals surface area (Å²) in [5.41, 5.74) is 1.10. The lowest BCUT2D eigenvalue weighted by molar-refractivity contribution is 0.268. The zero-order valence-electron chi connectivity index (χ0n) is 6.11. The molecule has 0 aliphatic carbocycles. The SMILES string of the molecule is Cn1c(CO)nc2sccc21. The third kappa shape index (κ3) is 0.868. The first-order chi connectivity index (χ1) is 5.33. The molecule has 0 aliphatic rings. The Morgan fingerprint density at radius 2 is 2.55 bits per heavy atom. The van der Waals surface area contributed by atoms with Gasteiger partial charge >= 0.3 is 0 Å². The fourth-order valence-corrected chi connectivity index (χ4v) is 1.92. The Balaban J connectivity index is 2.76. The molecular formula is C7H8N2OS. The largest absolute Gasteiger partial charge is 0.388 e. The van der Waals surface area contributed by atoms with Gasteiger partial charge in [0, 0.05) is 7.05 Å². The van der Waals surface area contributed by atoms with Crippen LogP contribution < -0.4 is 0 Å². The molecule has 1 N–H and O–H groups in total. The molecule has 0 atom stereocenters. The number of rotatable bonds is 1. The number of nitrogens with zero attached hydrogens (tertiary/aromatic N) is 2. The van der Waals surface area contributed by atoms with Crippen LogP contribution in [0.15, 0.2) is 11.4 Å². The number of fused-ring (bicyclic) bond motifs is 1. The maximum atomic E-state index is 8.86. The molecular weight excluding hydrogens is 160 g/mol. The summed E-state index contributed by atoms with van der Waals surface area (Å²) >= 11 is 1.59. The normalized spacial score (nSPS) is 11.1. The molecule has 0 radical (unpaired) electrons. The van der Waals surface area contributed by atoms with E-state index in [0.29, 0.717) is 0 Å². The number of aromatic nitrogens is 2. The van der Waals surface area contributed by atoms with Gasteiger partial charge in [0.15, 0.2) is 0 Å². The first-order valence-corrected chi connectivity index (χ1v) is 4.20. The molecule has 0 saturated heterocycles. The Kier molecular flexibility index (Phi) is 1.44. The lowest BCUT2D eigenvalue weighted by atomic mass is 10.5. The molecule has 4 heteroatoms. The molecule has 0 amide bonds. The Bertz CT molecular complexity index is 377. The lowest BCUT2D eigenvalue weighted by Gasteiger charge is -1.94. The summed E-state index contributed by atoms with van der Waals surface area (Å²) in [6.07, 6.45) is 0. The highest BCUT2D eigenvalue weighted by atomic mass is 32.1. The minimum absolute atomic E-state index is 0.0118. The van der Waals surface area contributed by atoms with Crippen LogP contribution in [0.5, 0.6) is 0 Å². The van der Waals surface area contributed by atoms with E-state index in [9.17, 15) is 0 Å². The van der Waals surface area contributed by atoms with Gasteiger partial charge in [0.1, 0.15) is 17.3 Å². The number of aliphatic hydroxyl groups excluding tert-OH is 1. The van der Waals surface area contributed by atoms with Crippen LogP contribution in [0.2, 0.25) is 0 Å². The topological polar surface area (TPSA) is 38.0 Å². The number of aryl methyl sites for hydroxylation is 1. The molecule has 0 spiro atoms. The van der Waals surface area contributed by atoms with Crippen molar-refractivity contribution >= 4 is 21.7 Å². The molecule has 11 heavy (non-hydrogen) atoms. The number of aliphatic hydroxyl groups is 1. The van der Waals surface area contributed by atoms with Crippen LogP contribution >= 0.6 is 11.3 Å². The second-order valence-corrected chi connectivity index (χ2v) is 3.25. The van der Waals surface area contributed by atoms with Crippen LogP contribution in [0.4, 0.5) is 0 Å². The molecule has 0 fully saturated rings. The lowest BCUT2D eigenvalue weighted by Crippen LogP contribution is -1.96. The van der Waals surface area contributed by atoms with E-state index >= 15 is 0 Å². The number of hydrogen-bond acceptors (Lipinski definition) is 3. The van der Waals surface area contributed by atoms with Crippen molar-refractivity contribution in [3.63, 3.8) is 0 Å². The van der Waals surface area contributed by atoms with Crippen molar-refractivity contribution in [3.05, 3.63) is 17.3 Å². The maximum Gasteiger partial charge on any atom is 0.142 e. The monoisotopic (exact) mass is 168 g/mol. The van der Waals surface area contributed by atoms with Crippen molar-refractivity contribution in [2.24, 2.45) is 7.05 Å². The van der Waals surface area contributed by atoms with Crippen LogP contribution in [0.1, 0.15) is 5.82 Å². The first kappa shape index (κ1) is 6.82. The third-order valence-electron chi connectivity index (χ3n) is 1.75. The highest BCUT2D eigenvalue weighted by Crippen LogP contribution is 2.20. The van der Waals surface area contributed by atoms with Crippen molar-refractivity contribution in [1.29, 1.82) is 0 Å². The van der Waals surface area contributed by atoms with E-state index in [4.69, 9.17) is 5.11 Å². The van der Waals surface area contributed by atoms with Crippen molar-refractivity contribution in [2.45, 2.75) is 6.61 Å². The van der Waals surface area contributed by atoms with E-state index in [1.165, 1.54) is 0 Å². The van der Waals surface area contributed by atoms with E-state index < -0.39 is 0 Å². The highest BCUT2D eigenvalue weighted by molar-refractivity contribution is 7.16. The van der Waals surface area contributed by atoms with Gasteiger partial charge in [-0.25, -0.2) is 4.98 Å².